The number of rotatable bonds is 4. The molecule has 2 aromatic heterocycles. The summed E-state index contributed by atoms with van der Waals surface area (Å²) in [5, 5.41) is 15.9. The summed E-state index contributed by atoms with van der Waals surface area (Å²) in [7, 11) is 0. The zero-order valence-corrected chi connectivity index (χ0v) is 34.1. The standard InChI is InChI=1S/C60H37NO2/c1-2-16-38(17-3-1)41-18-10-13-27-55(41)61(40-31-35-58-54(37-40)49-25-12-14-28-56(49)62-58)39-30-32-47-51-33-34-52-48-24-11-15-29-57(48)63-60(52)59(51)50-26-9-8-22-45(50)43-20-5-4-19-42(43)44-21-6-7-23-46(44)53(47)36-39/h1-37H. The van der Waals surface area contributed by atoms with Gasteiger partial charge < -0.3 is 13.7 Å². The van der Waals surface area contributed by atoms with E-state index in [2.05, 4.69) is 217 Å². The van der Waals surface area contributed by atoms with Crippen molar-refractivity contribution in [2.45, 2.75) is 0 Å². The lowest BCUT2D eigenvalue weighted by atomic mass is 9.93. The van der Waals surface area contributed by atoms with E-state index in [0.717, 1.165) is 104 Å². The quantitative estimate of drug-likeness (QED) is 0.177. The third-order valence-electron chi connectivity index (χ3n) is 12.9. The van der Waals surface area contributed by atoms with Gasteiger partial charge in [0.1, 0.15) is 22.3 Å². The average molecular weight is 804 g/mol. The Bertz CT molecular complexity index is 4050. The van der Waals surface area contributed by atoms with Gasteiger partial charge in [-0.2, -0.15) is 0 Å². The average Bonchev–Trinajstić information content (AvgIpc) is 3.92. The van der Waals surface area contributed by atoms with E-state index in [9.17, 15) is 0 Å². The van der Waals surface area contributed by atoms with Crippen LogP contribution in [0.25, 0.3) is 109 Å². The van der Waals surface area contributed by atoms with Crippen molar-refractivity contribution in [1.29, 1.82) is 0 Å². The van der Waals surface area contributed by atoms with Crippen molar-refractivity contribution in [3.05, 3.63) is 224 Å². The molecule has 3 heteroatoms. The first-order valence-corrected chi connectivity index (χ1v) is 21.5. The van der Waals surface area contributed by atoms with Gasteiger partial charge in [-0.05, 0) is 109 Å². The van der Waals surface area contributed by atoms with Crippen molar-refractivity contribution in [3.63, 3.8) is 0 Å². The Hall–Kier alpha value is -8.40. The molecule has 0 unspecified atom stereocenters. The van der Waals surface area contributed by atoms with E-state index in [1.54, 1.807) is 0 Å². The topological polar surface area (TPSA) is 29.5 Å². The molecule has 13 aromatic rings. The number of hydrogen-bond acceptors (Lipinski definition) is 3. The van der Waals surface area contributed by atoms with Crippen LogP contribution in [0.3, 0.4) is 0 Å². The van der Waals surface area contributed by atoms with Crippen LogP contribution in [0.15, 0.2) is 233 Å². The SMILES string of the molecule is c1ccc(-c2ccccc2N(c2ccc3oc4ccccc4c3c2)c2ccc3c(c2)c2ccccc2c2ccccc2c2ccccc2c2c3ccc3c4ccccc4oc32)cc1. The second-order valence-electron chi connectivity index (χ2n) is 16.3. The highest BCUT2D eigenvalue weighted by Crippen LogP contribution is 2.46. The fourth-order valence-corrected chi connectivity index (χ4v) is 10.1. The van der Waals surface area contributed by atoms with Gasteiger partial charge in [-0.1, -0.05) is 170 Å². The molecule has 0 amide bonds. The minimum absolute atomic E-state index is 0.864. The molecule has 294 valence electrons. The van der Waals surface area contributed by atoms with Crippen molar-refractivity contribution in [2.24, 2.45) is 0 Å². The zero-order chi connectivity index (χ0) is 41.4. The van der Waals surface area contributed by atoms with E-state index in [1.807, 2.05) is 12.1 Å². The maximum atomic E-state index is 6.92. The number of anilines is 3. The molecule has 0 atom stereocenters. The Labute approximate surface area is 362 Å². The Morgan fingerprint density at radius 1 is 0.270 bits per heavy atom. The van der Waals surface area contributed by atoms with Gasteiger partial charge in [0.15, 0.2) is 0 Å². The summed E-state index contributed by atoms with van der Waals surface area (Å²) < 4.78 is 13.3. The van der Waals surface area contributed by atoms with E-state index < -0.39 is 0 Å². The van der Waals surface area contributed by atoms with Gasteiger partial charge in [-0.25, -0.2) is 0 Å². The number of fused-ring (bicyclic) bond motifs is 17. The van der Waals surface area contributed by atoms with Crippen LogP contribution in [-0.4, -0.2) is 0 Å². The van der Waals surface area contributed by atoms with Crippen molar-refractivity contribution in [1.82, 2.24) is 0 Å². The Morgan fingerprint density at radius 3 is 1.40 bits per heavy atom. The fraction of sp³-hybridized carbons (Fsp3) is 0. The number of benzene rings is 10. The predicted octanol–water partition coefficient (Wildman–Crippen LogP) is 17.5. The molecule has 0 N–H and O–H groups in total. The molecule has 0 aliphatic heterocycles. The predicted molar refractivity (Wildman–Crippen MR) is 266 cm³/mol. The van der Waals surface area contributed by atoms with Crippen LogP contribution in [0.1, 0.15) is 0 Å². The summed E-state index contributed by atoms with van der Waals surface area (Å²) in [5.41, 5.74) is 8.95. The molecular formula is C60H37NO2. The van der Waals surface area contributed by atoms with Crippen LogP contribution in [-0.2, 0) is 0 Å². The maximum absolute atomic E-state index is 6.92. The van der Waals surface area contributed by atoms with Gasteiger partial charge >= 0.3 is 0 Å². The Balaban J connectivity index is 1.22. The van der Waals surface area contributed by atoms with Crippen molar-refractivity contribution >= 4 is 115 Å². The van der Waals surface area contributed by atoms with E-state index in [0.29, 0.717) is 0 Å². The summed E-state index contributed by atoms with van der Waals surface area (Å²) in [6.07, 6.45) is 0. The first kappa shape index (κ1) is 35.4. The van der Waals surface area contributed by atoms with Gasteiger partial charge in [0, 0.05) is 43.9 Å². The molecule has 11 aromatic carbocycles. The first-order valence-electron chi connectivity index (χ1n) is 21.5. The normalized spacial score (nSPS) is 11.8. The highest BCUT2D eigenvalue weighted by molar-refractivity contribution is 6.31. The van der Waals surface area contributed by atoms with Crippen LogP contribution < -0.4 is 4.90 Å². The molecule has 0 saturated heterocycles. The molecular weight excluding hydrogens is 767 g/mol. The molecule has 13 rings (SSSR count). The second-order valence-corrected chi connectivity index (χ2v) is 16.3. The van der Waals surface area contributed by atoms with Crippen molar-refractivity contribution < 1.29 is 8.83 Å². The highest BCUT2D eigenvalue weighted by atomic mass is 16.3. The molecule has 3 nitrogen and oxygen atoms in total. The lowest BCUT2D eigenvalue weighted by Gasteiger charge is -2.28. The van der Waals surface area contributed by atoms with E-state index >= 15 is 0 Å². The summed E-state index contributed by atoms with van der Waals surface area (Å²) in [4.78, 5) is 2.41. The summed E-state index contributed by atoms with van der Waals surface area (Å²) in [5.74, 6) is 0. The third kappa shape index (κ3) is 5.53. The first-order chi connectivity index (χ1) is 31.3. The monoisotopic (exact) mass is 803 g/mol. The van der Waals surface area contributed by atoms with Crippen molar-refractivity contribution in [2.75, 3.05) is 4.90 Å². The number of nitrogens with zero attached hydrogens (tertiary/aromatic N) is 1. The lowest BCUT2D eigenvalue weighted by Crippen LogP contribution is -2.11. The Morgan fingerprint density at radius 2 is 0.698 bits per heavy atom. The van der Waals surface area contributed by atoms with Gasteiger partial charge in [0.05, 0.1) is 5.69 Å². The molecule has 63 heavy (non-hydrogen) atoms. The number of furan rings is 2. The van der Waals surface area contributed by atoms with Gasteiger partial charge in [-0.15, -0.1) is 0 Å². The molecule has 0 fully saturated rings. The highest BCUT2D eigenvalue weighted by Gasteiger charge is 2.21. The lowest BCUT2D eigenvalue weighted by molar-refractivity contribution is 0.669. The second kappa shape index (κ2) is 14.1. The Kier molecular flexibility index (Phi) is 7.91. The fourth-order valence-electron chi connectivity index (χ4n) is 10.1. The zero-order valence-electron chi connectivity index (χ0n) is 34.1. The minimum atomic E-state index is 0.864. The summed E-state index contributed by atoms with van der Waals surface area (Å²) in [6.45, 7) is 0. The molecule has 0 spiro atoms. The van der Waals surface area contributed by atoms with Crippen molar-refractivity contribution in [3.8, 4) is 11.1 Å². The molecule has 0 radical (unpaired) electrons. The largest absolute Gasteiger partial charge is 0.456 e. The molecule has 0 aliphatic rings. The minimum Gasteiger partial charge on any atom is -0.456 e. The van der Waals surface area contributed by atoms with Crippen LogP contribution in [0.2, 0.25) is 0 Å². The molecule has 0 saturated carbocycles. The van der Waals surface area contributed by atoms with E-state index in [4.69, 9.17) is 8.83 Å². The van der Waals surface area contributed by atoms with E-state index in [1.165, 1.54) is 21.5 Å². The maximum Gasteiger partial charge on any atom is 0.143 e. The van der Waals surface area contributed by atoms with Gasteiger partial charge in [0.2, 0.25) is 0 Å². The summed E-state index contributed by atoms with van der Waals surface area (Å²) >= 11 is 0. The van der Waals surface area contributed by atoms with Gasteiger partial charge in [0.25, 0.3) is 0 Å². The van der Waals surface area contributed by atoms with Gasteiger partial charge in [-0.3, -0.25) is 0 Å². The van der Waals surface area contributed by atoms with Crippen LogP contribution in [0.5, 0.6) is 0 Å². The van der Waals surface area contributed by atoms with E-state index in [-0.39, 0.29) is 0 Å². The van der Waals surface area contributed by atoms with Crippen LogP contribution >= 0.6 is 0 Å². The molecule has 0 bridgehead atoms. The third-order valence-corrected chi connectivity index (χ3v) is 12.9. The van der Waals surface area contributed by atoms with Crippen LogP contribution in [0, 0.1) is 0 Å². The number of para-hydroxylation sites is 3. The summed E-state index contributed by atoms with van der Waals surface area (Å²) in [6, 6.07) is 80.8. The molecule has 0 aliphatic carbocycles. The smallest absolute Gasteiger partial charge is 0.143 e. The van der Waals surface area contributed by atoms with Crippen LogP contribution in [0.4, 0.5) is 17.1 Å². The number of hydrogen-bond donors (Lipinski definition) is 0. The molecule has 2 heterocycles.